The van der Waals surface area contributed by atoms with Gasteiger partial charge in [0.15, 0.2) is 9.84 Å². The van der Waals surface area contributed by atoms with Crippen molar-refractivity contribution in [3.05, 3.63) is 157 Å². The second-order valence-corrected chi connectivity index (χ2v) is 15.1. The van der Waals surface area contributed by atoms with Gasteiger partial charge in [-0.25, -0.2) is 22.8 Å². The van der Waals surface area contributed by atoms with E-state index < -0.39 is 21.2 Å². The van der Waals surface area contributed by atoms with Crippen molar-refractivity contribution >= 4 is 32.2 Å². The van der Waals surface area contributed by atoms with Crippen LogP contribution < -0.4 is 9.80 Å². The maximum Gasteiger partial charge on any atom is 0.175 e. The highest BCUT2D eigenvalue weighted by Crippen LogP contribution is 2.44. The highest BCUT2D eigenvalue weighted by Gasteiger charge is 2.43. The van der Waals surface area contributed by atoms with Gasteiger partial charge in [0.25, 0.3) is 0 Å². The fourth-order valence-electron chi connectivity index (χ4n) is 7.57. The number of piperazine rings is 1. The van der Waals surface area contributed by atoms with E-state index in [0.717, 1.165) is 51.7 Å². The van der Waals surface area contributed by atoms with Crippen LogP contribution in [-0.4, -0.2) is 60.6 Å². The molecule has 0 radical (unpaired) electrons. The van der Waals surface area contributed by atoms with Crippen molar-refractivity contribution < 1.29 is 12.8 Å². The molecule has 1 saturated heterocycles. The van der Waals surface area contributed by atoms with E-state index in [1.54, 1.807) is 6.33 Å². The van der Waals surface area contributed by atoms with Crippen LogP contribution in [-0.2, 0) is 15.4 Å². The van der Waals surface area contributed by atoms with Gasteiger partial charge in [-0.15, -0.1) is 0 Å². The largest absolute Gasteiger partial charge is 0.366 e. The maximum absolute atomic E-state index is 14.9. The molecule has 0 amide bonds. The molecule has 1 aliphatic heterocycles. The summed E-state index contributed by atoms with van der Waals surface area (Å²) in [5.74, 6) is 0.493. The summed E-state index contributed by atoms with van der Waals surface area (Å²) in [6, 6.07) is 31.4. The molecule has 8 rings (SSSR count). The first-order valence-electron chi connectivity index (χ1n) is 17.1. The number of aromatic nitrogens is 4. The van der Waals surface area contributed by atoms with Crippen LogP contribution in [0.15, 0.2) is 145 Å². The number of halogens is 1. The maximum atomic E-state index is 14.9. The Kier molecular flexibility index (Phi) is 8.47. The fraction of sp³-hybridized carbons (Fsp3) is 0.195. The lowest BCUT2D eigenvalue weighted by atomic mass is 9.70. The Balaban J connectivity index is 1.14. The van der Waals surface area contributed by atoms with Crippen LogP contribution in [0.25, 0.3) is 22.0 Å². The lowest BCUT2D eigenvalue weighted by molar-refractivity contribution is 0.293. The Bertz CT molecular complexity index is 2330. The molecule has 0 bridgehead atoms. The molecule has 1 fully saturated rings. The molecule has 8 nitrogen and oxygen atoms in total. The minimum atomic E-state index is -3.46. The Morgan fingerprint density at radius 1 is 0.784 bits per heavy atom. The number of benzene rings is 4. The molecule has 2 aromatic heterocycles. The number of rotatable bonds is 8. The normalized spacial score (nSPS) is 16.5. The molecular formula is C41H37FN6O2S. The van der Waals surface area contributed by atoms with Gasteiger partial charge in [0.2, 0.25) is 0 Å². The van der Waals surface area contributed by atoms with Gasteiger partial charge in [0.05, 0.1) is 22.3 Å². The van der Waals surface area contributed by atoms with Crippen LogP contribution in [0.3, 0.4) is 0 Å². The third kappa shape index (κ3) is 5.99. The van der Waals surface area contributed by atoms with Crippen molar-refractivity contribution in [2.24, 2.45) is 5.92 Å². The quantitative estimate of drug-likeness (QED) is 0.155. The van der Waals surface area contributed by atoms with Gasteiger partial charge in [-0.2, -0.15) is 5.10 Å². The summed E-state index contributed by atoms with van der Waals surface area (Å²) in [4.78, 5) is 13.5. The standard InChI is InChI=1S/C41H37FN6O2S/c1-51(49,50)35-18-19-37(42)39(26-35)46-21-23-47(24-22-46)40-36-25-30(17-20-38(36)43-29-44-40)31-27-45-48(28-31)41(32-11-5-2-6-12-32,33-13-7-3-8-14-33)34-15-9-4-10-16-34/h2-15,17-20,25-29,34H,16,21-24H2,1H3. The molecule has 4 aromatic carbocycles. The van der Waals surface area contributed by atoms with E-state index in [-0.39, 0.29) is 10.8 Å². The molecule has 1 unspecified atom stereocenters. The SMILES string of the molecule is CS(=O)(=O)c1ccc(F)c(N2CCN(c3ncnc4ccc(-c5cnn(C(c6ccccc6)(c6ccccc6)C6C=CC=CC6)c5)cc34)CC2)c1. The van der Waals surface area contributed by atoms with Gasteiger partial charge in [-0.3, -0.25) is 4.68 Å². The molecule has 1 aliphatic carbocycles. The van der Waals surface area contributed by atoms with Gasteiger partial charge in [0.1, 0.15) is 23.5 Å². The minimum absolute atomic E-state index is 0.107. The summed E-state index contributed by atoms with van der Waals surface area (Å²) in [6.45, 7) is 2.18. The van der Waals surface area contributed by atoms with Gasteiger partial charge in [-0.1, -0.05) is 91.0 Å². The van der Waals surface area contributed by atoms with E-state index >= 15 is 0 Å². The zero-order chi connectivity index (χ0) is 35.0. The van der Waals surface area contributed by atoms with E-state index in [1.807, 2.05) is 29.3 Å². The second-order valence-electron chi connectivity index (χ2n) is 13.1. The van der Waals surface area contributed by atoms with Crippen molar-refractivity contribution in [3.63, 3.8) is 0 Å². The average molecular weight is 697 g/mol. The topological polar surface area (TPSA) is 84.2 Å². The van der Waals surface area contributed by atoms with E-state index in [4.69, 9.17) is 10.1 Å². The second kappa shape index (κ2) is 13.3. The van der Waals surface area contributed by atoms with Crippen LogP contribution >= 0.6 is 0 Å². The summed E-state index contributed by atoms with van der Waals surface area (Å²) in [6.07, 6.45) is 16.4. The minimum Gasteiger partial charge on any atom is -0.366 e. The number of fused-ring (bicyclic) bond motifs is 1. The lowest BCUT2D eigenvalue weighted by Crippen LogP contribution is -2.47. The van der Waals surface area contributed by atoms with Gasteiger partial charge in [0, 0.05) is 55.5 Å². The van der Waals surface area contributed by atoms with Gasteiger partial charge < -0.3 is 9.80 Å². The number of allylic oxidation sites excluding steroid dienone is 4. The van der Waals surface area contributed by atoms with E-state index in [0.29, 0.717) is 31.9 Å². The van der Waals surface area contributed by atoms with Crippen LogP contribution in [0.5, 0.6) is 0 Å². The van der Waals surface area contributed by atoms with Crippen LogP contribution in [0.1, 0.15) is 17.5 Å². The highest BCUT2D eigenvalue weighted by atomic mass is 32.2. The average Bonchev–Trinajstić information content (AvgIpc) is 3.66. The first-order valence-corrected chi connectivity index (χ1v) is 19.0. The Labute approximate surface area is 297 Å². The first kappa shape index (κ1) is 32.6. The zero-order valence-corrected chi connectivity index (χ0v) is 29.0. The molecule has 0 N–H and O–H groups in total. The molecule has 0 saturated carbocycles. The van der Waals surface area contributed by atoms with E-state index in [9.17, 15) is 12.8 Å². The third-order valence-electron chi connectivity index (χ3n) is 10.1. The van der Waals surface area contributed by atoms with Crippen molar-refractivity contribution in [2.75, 3.05) is 42.2 Å². The van der Waals surface area contributed by atoms with Crippen molar-refractivity contribution in [3.8, 4) is 11.1 Å². The molecule has 3 heterocycles. The Morgan fingerprint density at radius 2 is 1.49 bits per heavy atom. The summed E-state index contributed by atoms with van der Waals surface area (Å²) >= 11 is 0. The van der Waals surface area contributed by atoms with Crippen molar-refractivity contribution in [1.29, 1.82) is 0 Å². The highest BCUT2D eigenvalue weighted by molar-refractivity contribution is 7.90. The number of hydrogen-bond acceptors (Lipinski definition) is 7. The van der Waals surface area contributed by atoms with Crippen LogP contribution in [0.2, 0.25) is 0 Å². The predicted octanol–water partition coefficient (Wildman–Crippen LogP) is 7.29. The molecule has 0 spiro atoms. The number of nitrogens with zero attached hydrogens (tertiary/aromatic N) is 6. The van der Waals surface area contributed by atoms with Gasteiger partial charge >= 0.3 is 0 Å². The van der Waals surface area contributed by atoms with Crippen molar-refractivity contribution in [1.82, 2.24) is 19.7 Å². The molecular weight excluding hydrogens is 660 g/mol. The number of sulfone groups is 1. The summed E-state index contributed by atoms with van der Waals surface area (Å²) in [7, 11) is -3.46. The van der Waals surface area contributed by atoms with E-state index in [2.05, 4.69) is 106 Å². The molecule has 2 aliphatic rings. The van der Waals surface area contributed by atoms with E-state index in [1.165, 1.54) is 18.2 Å². The van der Waals surface area contributed by atoms with Crippen LogP contribution in [0, 0.1) is 11.7 Å². The molecule has 10 heteroatoms. The summed E-state index contributed by atoms with van der Waals surface area (Å²) < 4.78 is 41.3. The fourth-order valence-corrected chi connectivity index (χ4v) is 8.21. The third-order valence-corrected chi connectivity index (χ3v) is 11.2. The molecule has 256 valence electrons. The Morgan fingerprint density at radius 3 is 2.16 bits per heavy atom. The predicted molar refractivity (Wildman–Crippen MR) is 200 cm³/mol. The first-order chi connectivity index (χ1) is 24.8. The van der Waals surface area contributed by atoms with Crippen molar-refractivity contribution in [2.45, 2.75) is 16.9 Å². The monoisotopic (exact) mass is 696 g/mol. The smallest absolute Gasteiger partial charge is 0.175 e. The van der Waals surface area contributed by atoms with Crippen LogP contribution in [0.4, 0.5) is 15.9 Å². The molecule has 6 aromatic rings. The Hall–Kier alpha value is -5.61. The molecule has 1 atom stereocenters. The molecule has 51 heavy (non-hydrogen) atoms. The lowest BCUT2D eigenvalue weighted by Gasteiger charge is -2.41. The van der Waals surface area contributed by atoms with Gasteiger partial charge in [-0.05, 0) is 53.4 Å². The number of anilines is 2. The summed E-state index contributed by atoms with van der Waals surface area (Å²) in [5, 5.41) is 6.01. The number of hydrogen-bond donors (Lipinski definition) is 0. The summed E-state index contributed by atoms with van der Waals surface area (Å²) in [5.41, 5.74) is 4.83. The zero-order valence-electron chi connectivity index (χ0n) is 28.2.